The molecular formula is C10H6O3. The van der Waals surface area contributed by atoms with Crippen molar-refractivity contribution in [3.63, 3.8) is 0 Å². The zero-order chi connectivity index (χ0) is 9.42. The van der Waals surface area contributed by atoms with Gasteiger partial charge in [0.05, 0.1) is 0 Å². The molecule has 1 aliphatic rings. The normalized spacial score (nSPS) is 14.5. The molecule has 0 saturated heterocycles. The molecule has 0 aromatic heterocycles. The largest absolute Gasteiger partial charge is 0.507 e. The first kappa shape index (κ1) is 7.73. The molecule has 0 heterocycles. The van der Waals surface area contributed by atoms with Crippen molar-refractivity contribution in [2.75, 3.05) is 0 Å². The van der Waals surface area contributed by atoms with Crippen molar-refractivity contribution in [2.24, 2.45) is 0 Å². The molecule has 0 aliphatic heterocycles. The van der Waals surface area contributed by atoms with Crippen LogP contribution in [-0.2, 0) is 9.59 Å². The molecule has 0 radical (unpaired) electrons. The lowest BCUT2D eigenvalue weighted by atomic mass is 10.1. The van der Waals surface area contributed by atoms with Crippen molar-refractivity contribution in [2.45, 2.75) is 0 Å². The van der Waals surface area contributed by atoms with Gasteiger partial charge in [-0.05, 0) is 17.4 Å². The van der Waals surface area contributed by atoms with Crippen LogP contribution in [0.3, 0.4) is 0 Å². The van der Waals surface area contributed by atoms with E-state index in [4.69, 9.17) is 0 Å². The van der Waals surface area contributed by atoms with Crippen LogP contribution in [0.4, 0.5) is 0 Å². The maximum Gasteiger partial charge on any atom is 0.226 e. The molecular weight excluding hydrogens is 168 g/mol. The molecule has 0 atom stereocenters. The number of fused-ring (bicyclic) bond motifs is 1. The quantitative estimate of drug-likeness (QED) is 0.519. The number of carbonyl (C=O) groups excluding carboxylic acids is 2. The summed E-state index contributed by atoms with van der Waals surface area (Å²) in [5.74, 6) is -1.11. The molecule has 0 bridgehead atoms. The summed E-state index contributed by atoms with van der Waals surface area (Å²) < 4.78 is 0. The Kier molecular flexibility index (Phi) is 1.52. The summed E-state index contributed by atoms with van der Waals surface area (Å²) in [7, 11) is 0. The highest BCUT2D eigenvalue weighted by atomic mass is 16.3. The molecule has 1 aromatic rings. The van der Waals surface area contributed by atoms with E-state index < -0.39 is 11.6 Å². The summed E-state index contributed by atoms with van der Waals surface area (Å²) >= 11 is 0. The summed E-state index contributed by atoms with van der Waals surface area (Å²) in [6, 6.07) is 4.78. The second-order valence-electron chi connectivity index (χ2n) is 2.80. The molecule has 3 heteroatoms. The van der Waals surface area contributed by atoms with Gasteiger partial charge in [-0.15, -0.1) is 0 Å². The van der Waals surface area contributed by atoms with Gasteiger partial charge in [-0.2, -0.15) is 0 Å². The van der Waals surface area contributed by atoms with E-state index in [1.807, 2.05) is 0 Å². The van der Waals surface area contributed by atoms with Gasteiger partial charge in [0.15, 0.2) is 0 Å². The Bertz CT molecular complexity index is 511. The van der Waals surface area contributed by atoms with Gasteiger partial charge in [0.2, 0.25) is 11.6 Å². The Morgan fingerprint density at radius 3 is 2.46 bits per heavy atom. The van der Waals surface area contributed by atoms with Crippen molar-refractivity contribution >= 4 is 23.7 Å². The van der Waals surface area contributed by atoms with Crippen molar-refractivity contribution in [3.05, 3.63) is 28.6 Å². The van der Waals surface area contributed by atoms with E-state index >= 15 is 0 Å². The maximum atomic E-state index is 11.0. The Labute approximate surface area is 73.6 Å². The van der Waals surface area contributed by atoms with Crippen LogP contribution in [0.2, 0.25) is 0 Å². The summed E-state index contributed by atoms with van der Waals surface area (Å²) in [6.07, 6.45) is 2.39. The fraction of sp³-hybridized carbons (Fsp3) is 0. The SMILES string of the molecule is O=C1C=c2cccc(O)c2=CC1=O. The van der Waals surface area contributed by atoms with Crippen molar-refractivity contribution in [3.8, 4) is 5.75 Å². The third-order valence-corrected chi connectivity index (χ3v) is 1.92. The number of rotatable bonds is 0. The van der Waals surface area contributed by atoms with Gasteiger partial charge in [-0.1, -0.05) is 12.1 Å². The summed E-state index contributed by atoms with van der Waals surface area (Å²) in [5.41, 5.74) is 0. The lowest BCUT2D eigenvalue weighted by Crippen LogP contribution is -2.33. The Balaban J connectivity index is 2.92. The number of aromatic hydroxyl groups is 1. The molecule has 0 unspecified atom stereocenters. The number of phenolic OH excluding ortho intramolecular Hbond substituents is 1. The third-order valence-electron chi connectivity index (χ3n) is 1.92. The summed E-state index contributed by atoms with van der Waals surface area (Å²) in [5, 5.41) is 10.4. The monoisotopic (exact) mass is 174 g/mol. The highest BCUT2D eigenvalue weighted by molar-refractivity contribution is 6.57. The lowest BCUT2D eigenvalue weighted by molar-refractivity contribution is -0.129. The zero-order valence-electron chi connectivity index (χ0n) is 6.65. The van der Waals surface area contributed by atoms with Crippen LogP contribution in [0.15, 0.2) is 18.2 Å². The topological polar surface area (TPSA) is 54.4 Å². The average Bonchev–Trinajstić information content (AvgIpc) is 2.09. The standard InChI is InChI=1S/C10H6O3/c11-8-3-1-2-6-4-9(12)10(13)5-7(6)8/h1-5,11H. The lowest BCUT2D eigenvalue weighted by Gasteiger charge is -1.99. The van der Waals surface area contributed by atoms with Gasteiger partial charge >= 0.3 is 0 Å². The number of hydrogen-bond acceptors (Lipinski definition) is 3. The Morgan fingerprint density at radius 1 is 1.00 bits per heavy atom. The fourth-order valence-electron chi connectivity index (χ4n) is 1.27. The van der Waals surface area contributed by atoms with Crippen LogP contribution >= 0.6 is 0 Å². The number of phenols is 1. The molecule has 0 amide bonds. The zero-order valence-corrected chi connectivity index (χ0v) is 6.65. The number of Topliss-reactive ketones (excluding diaryl/α,β-unsaturated/α-hetero) is 2. The molecule has 1 aliphatic carbocycles. The van der Waals surface area contributed by atoms with E-state index in [1.54, 1.807) is 12.1 Å². The van der Waals surface area contributed by atoms with Gasteiger partial charge in [-0.3, -0.25) is 9.59 Å². The molecule has 64 valence electrons. The first-order chi connectivity index (χ1) is 6.18. The van der Waals surface area contributed by atoms with Crippen LogP contribution in [0.25, 0.3) is 12.2 Å². The van der Waals surface area contributed by atoms with Gasteiger partial charge in [0.25, 0.3) is 0 Å². The first-order valence-electron chi connectivity index (χ1n) is 3.78. The van der Waals surface area contributed by atoms with E-state index in [0.717, 1.165) is 6.08 Å². The number of benzene rings is 1. The average molecular weight is 174 g/mol. The number of carbonyl (C=O) groups is 2. The van der Waals surface area contributed by atoms with Gasteiger partial charge in [-0.25, -0.2) is 0 Å². The van der Waals surface area contributed by atoms with Gasteiger partial charge < -0.3 is 5.11 Å². The minimum absolute atomic E-state index is 0.0228. The Morgan fingerprint density at radius 2 is 1.69 bits per heavy atom. The number of ketones is 2. The van der Waals surface area contributed by atoms with Crippen molar-refractivity contribution in [1.82, 2.24) is 0 Å². The van der Waals surface area contributed by atoms with Crippen molar-refractivity contribution < 1.29 is 14.7 Å². The maximum absolute atomic E-state index is 11.0. The third kappa shape index (κ3) is 1.14. The van der Waals surface area contributed by atoms with Gasteiger partial charge in [0, 0.05) is 11.3 Å². The smallest absolute Gasteiger partial charge is 0.226 e. The number of hydrogen-bond donors (Lipinski definition) is 1. The van der Waals surface area contributed by atoms with Crippen LogP contribution < -0.4 is 10.4 Å². The molecule has 3 nitrogen and oxygen atoms in total. The van der Waals surface area contributed by atoms with E-state index in [-0.39, 0.29) is 5.75 Å². The predicted molar refractivity (Wildman–Crippen MR) is 46.3 cm³/mol. The second-order valence-corrected chi connectivity index (χ2v) is 2.80. The fourth-order valence-corrected chi connectivity index (χ4v) is 1.27. The molecule has 1 aromatic carbocycles. The van der Waals surface area contributed by atoms with Crippen LogP contribution in [0.5, 0.6) is 5.75 Å². The van der Waals surface area contributed by atoms with E-state index in [1.165, 1.54) is 12.1 Å². The minimum atomic E-state index is -0.589. The molecule has 1 N–H and O–H groups in total. The van der Waals surface area contributed by atoms with Gasteiger partial charge in [0.1, 0.15) is 5.75 Å². The van der Waals surface area contributed by atoms with Crippen LogP contribution in [0.1, 0.15) is 0 Å². The van der Waals surface area contributed by atoms with E-state index in [9.17, 15) is 14.7 Å². The molecule has 0 fully saturated rings. The van der Waals surface area contributed by atoms with E-state index in [2.05, 4.69) is 0 Å². The molecule has 13 heavy (non-hydrogen) atoms. The second kappa shape index (κ2) is 2.55. The van der Waals surface area contributed by atoms with Crippen LogP contribution in [-0.4, -0.2) is 16.7 Å². The minimum Gasteiger partial charge on any atom is -0.507 e. The molecule has 0 spiro atoms. The van der Waals surface area contributed by atoms with Crippen molar-refractivity contribution in [1.29, 1.82) is 0 Å². The first-order valence-corrected chi connectivity index (χ1v) is 3.78. The molecule has 2 rings (SSSR count). The Hall–Kier alpha value is -1.90. The molecule has 0 saturated carbocycles. The van der Waals surface area contributed by atoms with E-state index in [0.29, 0.717) is 10.4 Å². The highest BCUT2D eigenvalue weighted by Gasteiger charge is 2.12. The van der Waals surface area contributed by atoms with Crippen LogP contribution in [0, 0.1) is 0 Å². The predicted octanol–water partition coefficient (Wildman–Crippen LogP) is -0.895. The summed E-state index contributed by atoms with van der Waals surface area (Å²) in [4.78, 5) is 21.9. The highest BCUT2D eigenvalue weighted by Crippen LogP contribution is 1.97. The summed E-state index contributed by atoms with van der Waals surface area (Å²) in [6.45, 7) is 0.